The molecule has 0 bridgehead atoms. The van der Waals surface area contributed by atoms with E-state index < -0.39 is 5.92 Å². The lowest BCUT2D eigenvalue weighted by Crippen LogP contribution is -2.45. The molecule has 40 heavy (non-hydrogen) atoms. The van der Waals surface area contributed by atoms with Crippen LogP contribution in [0.25, 0.3) is 5.65 Å². The van der Waals surface area contributed by atoms with E-state index in [9.17, 15) is 4.79 Å². The number of benzene rings is 2. The predicted molar refractivity (Wildman–Crippen MR) is 150 cm³/mol. The number of amides is 1. The van der Waals surface area contributed by atoms with Crippen LogP contribution in [-0.2, 0) is 5.92 Å². The highest BCUT2D eigenvalue weighted by Gasteiger charge is 2.45. The van der Waals surface area contributed by atoms with Crippen LogP contribution in [0.15, 0.2) is 60.9 Å². The molecule has 9 heteroatoms. The SMILES string of the molecule is Cc1ccc(C(=O)Nc2ccc3c(c2)C(F)(F)C[C@@H]3CN2CCN(C)CC2)cc1C#Cc1cnc2cccnn12. The first kappa shape index (κ1) is 26.1. The zero-order chi connectivity index (χ0) is 27.9. The Morgan fingerprint density at radius 2 is 1.93 bits per heavy atom. The molecular weight excluding hydrogens is 510 g/mol. The molecule has 3 heterocycles. The third kappa shape index (κ3) is 5.20. The maximum atomic E-state index is 15.1. The fraction of sp³-hybridized carbons (Fsp3) is 0.323. The molecule has 6 rings (SSSR count). The number of fused-ring (bicyclic) bond motifs is 2. The molecular formula is C31H30F2N6O. The van der Waals surface area contributed by atoms with Crippen molar-refractivity contribution in [1.82, 2.24) is 24.4 Å². The highest BCUT2D eigenvalue weighted by molar-refractivity contribution is 6.04. The summed E-state index contributed by atoms with van der Waals surface area (Å²) >= 11 is 0. The summed E-state index contributed by atoms with van der Waals surface area (Å²) < 4.78 is 31.8. The zero-order valence-corrected chi connectivity index (χ0v) is 22.5. The minimum atomic E-state index is -2.92. The van der Waals surface area contributed by atoms with E-state index in [4.69, 9.17) is 0 Å². The Labute approximate surface area is 231 Å². The van der Waals surface area contributed by atoms with Gasteiger partial charge in [-0.25, -0.2) is 18.3 Å². The van der Waals surface area contributed by atoms with Crippen molar-refractivity contribution >= 4 is 17.2 Å². The van der Waals surface area contributed by atoms with Gasteiger partial charge in [0.05, 0.1) is 6.20 Å². The standard InChI is InChI=1S/C31H30F2N6O/c1-21-5-6-23(16-22(21)7-9-26-19-34-29-4-3-11-35-39(26)29)30(40)36-25-8-10-27-24(18-31(32,33)28(27)17-25)20-38-14-12-37(2)13-15-38/h3-6,8,10-11,16-17,19,24H,12-15,18,20H2,1-2H3,(H,36,40)/t24-/m1/s1. The van der Waals surface area contributed by atoms with Gasteiger partial charge >= 0.3 is 0 Å². The lowest BCUT2D eigenvalue weighted by Gasteiger charge is -2.34. The highest BCUT2D eigenvalue weighted by Crippen LogP contribution is 2.49. The van der Waals surface area contributed by atoms with Crippen LogP contribution in [0.5, 0.6) is 0 Å². The number of nitrogens with zero attached hydrogens (tertiary/aromatic N) is 5. The van der Waals surface area contributed by atoms with Gasteiger partial charge in [0.15, 0.2) is 5.65 Å². The van der Waals surface area contributed by atoms with Gasteiger partial charge in [0, 0.05) is 73.6 Å². The number of alkyl halides is 2. The number of hydrogen-bond donors (Lipinski definition) is 1. The fourth-order valence-electron chi connectivity index (χ4n) is 5.49. The van der Waals surface area contributed by atoms with Crippen LogP contribution < -0.4 is 5.32 Å². The minimum Gasteiger partial charge on any atom is -0.322 e. The van der Waals surface area contributed by atoms with Crippen molar-refractivity contribution in [1.29, 1.82) is 0 Å². The number of anilines is 1. The molecule has 1 saturated heterocycles. The normalized spacial score (nSPS) is 18.8. The Bertz CT molecular complexity index is 1640. The maximum Gasteiger partial charge on any atom is 0.274 e. The van der Waals surface area contributed by atoms with Crippen molar-refractivity contribution in [2.45, 2.75) is 25.2 Å². The zero-order valence-electron chi connectivity index (χ0n) is 22.5. The van der Waals surface area contributed by atoms with E-state index in [0.717, 1.165) is 31.7 Å². The summed E-state index contributed by atoms with van der Waals surface area (Å²) in [7, 11) is 2.08. The fourth-order valence-corrected chi connectivity index (χ4v) is 5.49. The van der Waals surface area contributed by atoms with E-state index in [2.05, 4.69) is 44.1 Å². The van der Waals surface area contributed by atoms with Gasteiger partial charge in [0.2, 0.25) is 0 Å². The van der Waals surface area contributed by atoms with E-state index in [0.29, 0.717) is 40.3 Å². The number of halogens is 2. The topological polar surface area (TPSA) is 65.8 Å². The molecule has 2 aliphatic rings. The van der Waals surface area contributed by atoms with Gasteiger partial charge in [-0.2, -0.15) is 5.10 Å². The second kappa shape index (κ2) is 10.5. The summed E-state index contributed by atoms with van der Waals surface area (Å²) in [4.78, 5) is 21.9. The molecule has 1 atom stereocenters. The molecule has 1 aliphatic carbocycles. The van der Waals surface area contributed by atoms with E-state index in [-0.39, 0.29) is 23.8 Å². The van der Waals surface area contributed by atoms with Crippen molar-refractivity contribution in [3.05, 3.63) is 94.4 Å². The first-order chi connectivity index (χ1) is 19.3. The number of aromatic nitrogens is 3. The average Bonchev–Trinajstić information content (AvgIpc) is 3.47. The van der Waals surface area contributed by atoms with Crippen LogP contribution in [0, 0.1) is 18.8 Å². The summed E-state index contributed by atoms with van der Waals surface area (Å²) in [6, 6.07) is 13.8. The van der Waals surface area contributed by atoms with Gasteiger partial charge in [-0.1, -0.05) is 18.1 Å². The Hall–Kier alpha value is -4.13. The van der Waals surface area contributed by atoms with Gasteiger partial charge in [-0.3, -0.25) is 4.79 Å². The van der Waals surface area contributed by atoms with Crippen LogP contribution in [0.2, 0.25) is 0 Å². The number of aryl methyl sites for hydroxylation is 1. The lowest BCUT2D eigenvalue weighted by atomic mass is 10.00. The number of piperazine rings is 1. The second-order valence-electron chi connectivity index (χ2n) is 10.7. The van der Waals surface area contributed by atoms with E-state index >= 15 is 8.78 Å². The van der Waals surface area contributed by atoms with Crippen molar-refractivity contribution < 1.29 is 13.6 Å². The number of nitrogens with one attached hydrogen (secondary N) is 1. The van der Waals surface area contributed by atoms with E-state index in [1.807, 2.05) is 19.1 Å². The number of likely N-dealkylation sites (N-methyl/N-ethyl adjacent to an activating group) is 1. The quantitative estimate of drug-likeness (QED) is 0.386. The monoisotopic (exact) mass is 540 g/mol. The Morgan fingerprint density at radius 1 is 1.10 bits per heavy atom. The van der Waals surface area contributed by atoms with Crippen LogP contribution in [0.3, 0.4) is 0 Å². The Balaban J connectivity index is 1.19. The van der Waals surface area contributed by atoms with E-state index in [1.165, 1.54) is 6.07 Å². The lowest BCUT2D eigenvalue weighted by molar-refractivity contribution is -0.00969. The molecule has 4 aromatic rings. The second-order valence-corrected chi connectivity index (χ2v) is 10.7. The van der Waals surface area contributed by atoms with Crippen LogP contribution in [0.4, 0.5) is 14.5 Å². The summed E-state index contributed by atoms with van der Waals surface area (Å²) in [6.07, 6.45) is 3.12. The van der Waals surface area contributed by atoms with Gasteiger partial charge in [-0.15, -0.1) is 0 Å². The molecule has 0 spiro atoms. The summed E-state index contributed by atoms with van der Waals surface area (Å²) in [5.41, 5.74) is 4.37. The first-order valence-corrected chi connectivity index (χ1v) is 13.4. The molecule has 2 aromatic carbocycles. The largest absolute Gasteiger partial charge is 0.322 e. The van der Waals surface area contributed by atoms with Gasteiger partial charge in [-0.05, 0) is 67.4 Å². The Morgan fingerprint density at radius 3 is 2.75 bits per heavy atom. The molecule has 7 nitrogen and oxygen atoms in total. The van der Waals surface area contributed by atoms with Crippen molar-refractivity contribution in [2.75, 3.05) is 45.1 Å². The molecule has 1 aliphatic heterocycles. The maximum absolute atomic E-state index is 15.1. The van der Waals surface area contributed by atoms with Gasteiger partial charge in [0.1, 0.15) is 5.69 Å². The number of carbonyl (C=O) groups excluding carboxylic acids is 1. The van der Waals surface area contributed by atoms with Crippen molar-refractivity contribution in [2.24, 2.45) is 0 Å². The third-order valence-corrected chi connectivity index (χ3v) is 7.83. The van der Waals surface area contributed by atoms with Crippen molar-refractivity contribution in [3.8, 4) is 11.8 Å². The van der Waals surface area contributed by atoms with Crippen LogP contribution in [-0.4, -0.2) is 70.1 Å². The van der Waals surface area contributed by atoms with Crippen LogP contribution >= 0.6 is 0 Å². The molecule has 1 amide bonds. The molecule has 204 valence electrons. The van der Waals surface area contributed by atoms with Gasteiger partial charge in [0.25, 0.3) is 11.8 Å². The van der Waals surface area contributed by atoms with Crippen molar-refractivity contribution in [3.63, 3.8) is 0 Å². The third-order valence-electron chi connectivity index (χ3n) is 7.83. The summed E-state index contributed by atoms with van der Waals surface area (Å²) in [6.45, 7) is 6.22. The number of imidazole rings is 1. The molecule has 0 radical (unpaired) electrons. The first-order valence-electron chi connectivity index (χ1n) is 13.4. The number of hydrogen-bond acceptors (Lipinski definition) is 5. The molecule has 0 saturated carbocycles. The molecule has 1 N–H and O–H groups in total. The molecule has 2 aromatic heterocycles. The smallest absolute Gasteiger partial charge is 0.274 e. The van der Waals surface area contributed by atoms with E-state index in [1.54, 1.807) is 47.2 Å². The molecule has 1 fully saturated rings. The molecule has 0 unspecified atom stereocenters. The van der Waals surface area contributed by atoms with Gasteiger partial charge < -0.3 is 15.1 Å². The summed E-state index contributed by atoms with van der Waals surface area (Å²) in [5.74, 6) is 2.67. The minimum absolute atomic E-state index is 0.0153. The summed E-state index contributed by atoms with van der Waals surface area (Å²) in [5, 5.41) is 7.08. The van der Waals surface area contributed by atoms with Crippen LogP contribution in [0.1, 0.15) is 50.6 Å². The average molecular weight is 541 g/mol. The Kier molecular flexibility index (Phi) is 6.82. The predicted octanol–water partition coefficient (Wildman–Crippen LogP) is 4.52. The number of rotatable bonds is 4. The number of carbonyl (C=O) groups is 1. The highest BCUT2D eigenvalue weighted by atomic mass is 19.3.